The molecule has 0 unspecified atom stereocenters. The van der Waals surface area contributed by atoms with Gasteiger partial charge in [0.15, 0.2) is 11.6 Å². The van der Waals surface area contributed by atoms with Crippen LogP contribution in [0.25, 0.3) is 10.9 Å². The first kappa shape index (κ1) is 21.3. The monoisotopic (exact) mass is 423 g/mol. The molecule has 0 bridgehead atoms. The van der Waals surface area contributed by atoms with E-state index >= 15 is 0 Å². The quantitative estimate of drug-likeness (QED) is 0.497. The van der Waals surface area contributed by atoms with E-state index in [1.165, 1.54) is 12.3 Å². The largest absolute Gasteiger partial charge is 0.494 e. The van der Waals surface area contributed by atoms with Crippen LogP contribution in [0.4, 0.5) is 15.8 Å². The average molecular weight is 424 g/mol. The number of fused-ring (bicyclic) bond motifs is 1. The third-order valence-electron chi connectivity index (χ3n) is 4.60. The molecule has 0 aliphatic rings. The zero-order valence-electron chi connectivity index (χ0n) is 16.6. The van der Waals surface area contributed by atoms with Crippen LogP contribution in [0, 0.1) is 24.1 Å². The fourth-order valence-electron chi connectivity index (χ4n) is 3.05. The van der Waals surface area contributed by atoms with Gasteiger partial charge in [0.05, 0.1) is 34.1 Å². The molecule has 152 valence electrons. The first-order valence-electron chi connectivity index (χ1n) is 9.25. The second kappa shape index (κ2) is 8.93. The Morgan fingerprint density at radius 3 is 2.87 bits per heavy atom. The summed E-state index contributed by atoms with van der Waals surface area (Å²) in [5, 5.41) is 13.1. The molecule has 3 rings (SSSR count). The number of carbonyl (C=O) groups excluding carboxylic acids is 1. The fraction of sp³-hybridized carbons (Fsp3) is 0.174. The van der Waals surface area contributed by atoms with Crippen LogP contribution < -0.4 is 10.1 Å². The first-order chi connectivity index (χ1) is 14.4. The predicted octanol–water partition coefficient (Wildman–Crippen LogP) is 5.65. The van der Waals surface area contributed by atoms with E-state index in [0.29, 0.717) is 40.1 Å². The van der Waals surface area contributed by atoms with Crippen molar-refractivity contribution in [2.45, 2.75) is 20.3 Å². The summed E-state index contributed by atoms with van der Waals surface area (Å²) in [7, 11) is 0. The molecule has 0 saturated carbocycles. The molecular weight excluding hydrogens is 405 g/mol. The van der Waals surface area contributed by atoms with Crippen molar-refractivity contribution in [3.05, 3.63) is 70.6 Å². The van der Waals surface area contributed by atoms with Crippen LogP contribution in [0.2, 0.25) is 5.02 Å². The Morgan fingerprint density at radius 2 is 2.20 bits per heavy atom. The van der Waals surface area contributed by atoms with Gasteiger partial charge in [0, 0.05) is 29.6 Å². The van der Waals surface area contributed by atoms with Gasteiger partial charge >= 0.3 is 0 Å². The number of rotatable bonds is 7. The zero-order chi connectivity index (χ0) is 21.8. The van der Waals surface area contributed by atoms with Gasteiger partial charge in [0.1, 0.15) is 11.8 Å². The van der Waals surface area contributed by atoms with Gasteiger partial charge in [-0.3, -0.25) is 9.78 Å². The number of aryl methyl sites for hydroxylation is 1. The number of hydrogen-bond donors (Lipinski definition) is 1. The van der Waals surface area contributed by atoms with Crippen LogP contribution in [-0.4, -0.2) is 17.4 Å². The molecule has 7 heteroatoms. The highest BCUT2D eigenvalue weighted by Crippen LogP contribution is 2.35. The average Bonchev–Trinajstić information content (AvgIpc) is 2.74. The van der Waals surface area contributed by atoms with Crippen LogP contribution in [0.3, 0.4) is 0 Å². The molecule has 0 aliphatic heterocycles. The molecule has 1 heterocycles. The number of ketones is 1. The van der Waals surface area contributed by atoms with Crippen LogP contribution in [0.15, 0.2) is 43.1 Å². The van der Waals surface area contributed by atoms with Gasteiger partial charge in [-0.1, -0.05) is 24.2 Å². The van der Waals surface area contributed by atoms with E-state index in [-0.39, 0.29) is 28.5 Å². The summed E-state index contributed by atoms with van der Waals surface area (Å²) in [5.74, 6) is -0.267. The lowest BCUT2D eigenvalue weighted by Crippen LogP contribution is -2.05. The van der Waals surface area contributed by atoms with Gasteiger partial charge in [-0.15, -0.1) is 0 Å². The van der Waals surface area contributed by atoms with Crippen LogP contribution in [0.5, 0.6) is 5.75 Å². The number of aromatic nitrogens is 1. The Balaban J connectivity index is 2.22. The second-order valence-corrected chi connectivity index (χ2v) is 6.98. The molecule has 3 aromatic rings. The number of benzene rings is 2. The van der Waals surface area contributed by atoms with Gasteiger partial charge in [-0.05, 0) is 37.6 Å². The van der Waals surface area contributed by atoms with Crippen molar-refractivity contribution < 1.29 is 13.9 Å². The Hall–Kier alpha value is -3.43. The maximum absolute atomic E-state index is 14.7. The van der Waals surface area contributed by atoms with Crippen molar-refractivity contribution in [3.8, 4) is 11.8 Å². The van der Waals surface area contributed by atoms with Crippen LogP contribution in [-0.2, 0) is 11.2 Å². The smallest absolute Gasteiger partial charge is 0.165 e. The van der Waals surface area contributed by atoms with E-state index in [4.69, 9.17) is 16.3 Å². The molecule has 0 amide bonds. The highest BCUT2D eigenvalue weighted by Gasteiger charge is 2.17. The molecular formula is C23H19ClFN3O2. The Bertz CT molecular complexity index is 1200. The molecule has 5 nitrogen and oxygen atoms in total. The topological polar surface area (TPSA) is 75.0 Å². The van der Waals surface area contributed by atoms with Gasteiger partial charge in [0.2, 0.25) is 0 Å². The third-order valence-corrected chi connectivity index (χ3v) is 5.06. The van der Waals surface area contributed by atoms with Crippen LogP contribution >= 0.6 is 11.6 Å². The number of allylic oxidation sites excluding steroid dienone is 1. The number of halogens is 2. The Labute approximate surface area is 178 Å². The van der Waals surface area contributed by atoms with Crippen molar-refractivity contribution >= 4 is 39.7 Å². The molecule has 0 atom stereocenters. The van der Waals surface area contributed by atoms with E-state index in [1.807, 2.05) is 6.92 Å². The van der Waals surface area contributed by atoms with Crippen molar-refractivity contribution in [2.24, 2.45) is 0 Å². The zero-order valence-corrected chi connectivity index (χ0v) is 17.3. The third kappa shape index (κ3) is 4.12. The first-order valence-corrected chi connectivity index (χ1v) is 9.62. The molecule has 1 aromatic heterocycles. The van der Waals surface area contributed by atoms with Crippen molar-refractivity contribution in [2.75, 3.05) is 11.9 Å². The molecule has 0 fully saturated rings. The summed E-state index contributed by atoms with van der Waals surface area (Å²) >= 11 is 6.04. The van der Waals surface area contributed by atoms with Crippen molar-refractivity contribution in [1.29, 1.82) is 5.26 Å². The number of carbonyl (C=O) groups is 1. The molecule has 1 N–H and O–H groups in total. The lowest BCUT2D eigenvalue weighted by molar-refractivity contribution is -0.114. The summed E-state index contributed by atoms with van der Waals surface area (Å²) in [6.07, 6.45) is 2.73. The summed E-state index contributed by atoms with van der Waals surface area (Å²) < 4.78 is 20.3. The Kier molecular flexibility index (Phi) is 6.34. The van der Waals surface area contributed by atoms with Crippen molar-refractivity contribution in [3.63, 3.8) is 0 Å². The minimum Gasteiger partial charge on any atom is -0.494 e. The number of nitrogens with one attached hydrogen (secondary N) is 1. The minimum absolute atomic E-state index is 0.00719. The lowest BCUT2D eigenvalue weighted by Gasteiger charge is -2.16. The molecule has 0 radical (unpaired) electrons. The van der Waals surface area contributed by atoms with Crippen molar-refractivity contribution in [1.82, 2.24) is 4.98 Å². The molecule has 0 saturated heterocycles. The highest BCUT2D eigenvalue weighted by molar-refractivity contribution is 6.31. The lowest BCUT2D eigenvalue weighted by atomic mass is 10.0. The van der Waals surface area contributed by atoms with Crippen LogP contribution in [0.1, 0.15) is 23.6 Å². The van der Waals surface area contributed by atoms with E-state index < -0.39 is 5.82 Å². The van der Waals surface area contributed by atoms with Gasteiger partial charge in [-0.25, -0.2) is 4.39 Å². The summed E-state index contributed by atoms with van der Waals surface area (Å²) in [5.41, 5.74) is 2.49. The summed E-state index contributed by atoms with van der Waals surface area (Å²) in [6, 6.07) is 8.74. The molecule has 30 heavy (non-hydrogen) atoms. The van der Waals surface area contributed by atoms with E-state index in [1.54, 1.807) is 31.2 Å². The SMILES string of the molecule is C=CC(=O)Cc1cc2c(Nc3ccc(C)c(Cl)c3F)c(C#N)cnc2cc1OCC. The molecule has 0 spiro atoms. The van der Waals surface area contributed by atoms with E-state index in [0.717, 1.165) is 0 Å². The molecule has 0 aliphatic carbocycles. The van der Waals surface area contributed by atoms with E-state index in [2.05, 4.69) is 22.9 Å². The molecule has 2 aromatic carbocycles. The number of nitriles is 1. The fourth-order valence-corrected chi connectivity index (χ4v) is 3.21. The standard InChI is InChI=1S/C23H19ClFN3O2/c1-4-16(29)8-14-9-17-19(10-20(14)30-5-2)27-12-15(11-26)23(17)28-18-7-6-13(3)21(24)22(18)25/h4,6-7,9-10,12H,1,5,8H2,2-3H3,(H,27,28). The second-order valence-electron chi connectivity index (χ2n) is 6.60. The normalized spacial score (nSPS) is 10.5. The minimum atomic E-state index is -0.612. The van der Waals surface area contributed by atoms with Gasteiger partial charge < -0.3 is 10.1 Å². The Morgan fingerprint density at radius 1 is 1.43 bits per heavy atom. The number of ether oxygens (including phenoxy) is 1. The number of pyridine rings is 1. The summed E-state index contributed by atoms with van der Waals surface area (Å²) in [6.45, 7) is 7.46. The van der Waals surface area contributed by atoms with Gasteiger partial charge in [-0.2, -0.15) is 5.26 Å². The number of anilines is 2. The highest BCUT2D eigenvalue weighted by atomic mass is 35.5. The van der Waals surface area contributed by atoms with E-state index in [9.17, 15) is 14.4 Å². The predicted molar refractivity (Wildman–Crippen MR) is 116 cm³/mol. The number of nitrogens with zero attached hydrogens (tertiary/aromatic N) is 2. The summed E-state index contributed by atoms with van der Waals surface area (Å²) in [4.78, 5) is 16.3. The van der Waals surface area contributed by atoms with Gasteiger partial charge in [0.25, 0.3) is 0 Å². The maximum Gasteiger partial charge on any atom is 0.165 e. The number of hydrogen-bond acceptors (Lipinski definition) is 5. The maximum atomic E-state index is 14.7.